The first-order valence-electron chi connectivity index (χ1n) is 14.3. The lowest BCUT2D eigenvalue weighted by Crippen LogP contribution is -2.55. The fourth-order valence-electron chi connectivity index (χ4n) is 8.81. The summed E-state index contributed by atoms with van der Waals surface area (Å²) in [5.74, 6) is -3.62. The van der Waals surface area contributed by atoms with Gasteiger partial charge in [0.2, 0.25) is 0 Å². The maximum Gasteiger partial charge on any atom is 0.333 e. The minimum atomic E-state index is -1.60. The molecular weight excluding hydrogens is 528 g/mol. The fourth-order valence-corrected chi connectivity index (χ4v) is 8.81. The van der Waals surface area contributed by atoms with Gasteiger partial charge in [0.15, 0.2) is 5.79 Å². The summed E-state index contributed by atoms with van der Waals surface area (Å²) in [6, 6.07) is 1.81. The minimum Gasteiger partial charge on any atom is -0.472 e. The van der Waals surface area contributed by atoms with Crippen molar-refractivity contribution in [3.63, 3.8) is 0 Å². The largest absolute Gasteiger partial charge is 0.472 e. The number of cyclic esters (lactones) is 1. The van der Waals surface area contributed by atoms with E-state index in [1.54, 1.807) is 38.5 Å². The van der Waals surface area contributed by atoms with Gasteiger partial charge in [0.25, 0.3) is 0 Å². The fraction of sp³-hybridized carbons (Fsp3) is 0.594. The number of rotatable bonds is 5. The monoisotopic (exact) mass is 566 g/mol. The SMILES string of the molecule is C/C=C(\C)C(=O)OC1C2C=C3C4=CC(=O)OC(c5ccoc5)C4(C)CCC3C3(C)C(CC(=O)OC)C1(C)CC3(O)O2. The Balaban J connectivity index is 1.54. The average molecular weight is 567 g/mol. The summed E-state index contributed by atoms with van der Waals surface area (Å²) in [5.41, 5.74) is 0.594. The van der Waals surface area contributed by atoms with Crippen LogP contribution >= 0.6 is 0 Å². The number of hydrogen-bond donors (Lipinski definition) is 1. The Bertz CT molecular complexity index is 1390. The molecule has 2 saturated carbocycles. The summed E-state index contributed by atoms with van der Waals surface area (Å²) in [7, 11) is 1.35. The molecule has 3 fully saturated rings. The Kier molecular flexibility index (Phi) is 6.25. The van der Waals surface area contributed by atoms with Crippen LogP contribution in [0.25, 0.3) is 0 Å². The summed E-state index contributed by atoms with van der Waals surface area (Å²) in [4.78, 5) is 39.1. The van der Waals surface area contributed by atoms with E-state index in [2.05, 4.69) is 6.92 Å². The first kappa shape index (κ1) is 28.0. The maximum absolute atomic E-state index is 13.1. The number of methoxy groups -OCH3 is 1. The van der Waals surface area contributed by atoms with Gasteiger partial charge in [-0.05, 0) is 61.8 Å². The number of allylic oxidation sites excluding steroid dienone is 2. The highest BCUT2D eigenvalue weighted by molar-refractivity contribution is 5.88. The van der Waals surface area contributed by atoms with Crippen LogP contribution < -0.4 is 0 Å². The van der Waals surface area contributed by atoms with Crippen molar-refractivity contribution in [1.82, 2.24) is 0 Å². The molecule has 0 spiro atoms. The molecule has 220 valence electrons. The summed E-state index contributed by atoms with van der Waals surface area (Å²) >= 11 is 0. The molecule has 9 nitrogen and oxygen atoms in total. The van der Waals surface area contributed by atoms with Gasteiger partial charge in [-0.1, -0.05) is 26.8 Å². The van der Waals surface area contributed by atoms with Crippen molar-refractivity contribution < 1.29 is 42.9 Å². The molecule has 41 heavy (non-hydrogen) atoms. The Morgan fingerprint density at radius 1 is 1.24 bits per heavy atom. The molecule has 1 saturated heterocycles. The van der Waals surface area contributed by atoms with Gasteiger partial charge in [-0.15, -0.1) is 0 Å². The molecule has 2 aliphatic carbocycles. The lowest BCUT2D eigenvalue weighted by molar-refractivity contribution is -0.307. The van der Waals surface area contributed by atoms with Gasteiger partial charge in [0.1, 0.15) is 18.3 Å². The zero-order valence-corrected chi connectivity index (χ0v) is 24.4. The predicted molar refractivity (Wildman–Crippen MR) is 145 cm³/mol. The summed E-state index contributed by atoms with van der Waals surface area (Å²) in [6.45, 7) is 9.49. The number of aliphatic hydroxyl groups is 1. The molecule has 3 bridgehead atoms. The summed E-state index contributed by atoms with van der Waals surface area (Å²) < 4.78 is 29.1. The zero-order chi connectivity index (χ0) is 29.5. The highest BCUT2D eigenvalue weighted by Gasteiger charge is 2.77. The number of furan rings is 1. The number of ether oxygens (including phenoxy) is 4. The summed E-state index contributed by atoms with van der Waals surface area (Å²) in [5, 5.41) is 12.3. The van der Waals surface area contributed by atoms with E-state index in [1.165, 1.54) is 7.11 Å². The maximum atomic E-state index is 13.1. The first-order valence-corrected chi connectivity index (χ1v) is 14.3. The molecule has 9 heteroatoms. The van der Waals surface area contributed by atoms with E-state index in [0.717, 1.165) is 16.7 Å². The van der Waals surface area contributed by atoms with E-state index in [4.69, 9.17) is 23.4 Å². The lowest BCUT2D eigenvalue weighted by Gasteiger charge is -2.54. The van der Waals surface area contributed by atoms with E-state index in [-0.39, 0.29) is 18.8 Å². The minimum absolute atomic E-state index is 0.0261. The van der Waals surface area contributed by atoms with Crippen LogP contribution in [0.2, 0.25) is 0 Å². The molecule has 4 heterocycles. The van der Waals surface area contributed by atoms with Gasteiger partial charge in [-0.2, -0.15) is 0 Å². The third-order valence-electron chi connectivity index (χ3n) is 11.1. The average Bonchev–Trinajstić information content (AvgIpc) is 3.49. The van der Waals surface area contributed by atoms with Gasteiger partial charge in [-0.3, -0.25) is 4.79 Å². The highest BCUT2D eigenvalue weighted by Crippen LogP contribution is 2.74. The number of esters is 3. The predicted octanol–water partition coefficient (Wildman–Crippen LogP) is 4.72. The van der Waals surface area contributed by atoms with Crippen LogP contribution in [0.5, 0.6) is 0 Å². The van der Waals surface area contributed by atoms with Crippen molar-refractivity contribution in [1.29, 1.82) is 0 Å². The molecule has 6 rings (SSSR count). The van der Waals surface area contributed by atoms with E-state index in [9.17, 15) is 19.5 Å². The topological polar surface area (TPSA) is 122 Å². The van der Waals surface area contributed by atoms with Gasteiger partial charge in [-0.25, -0.2) is 9.59 Å². The standard InChI is InChI=1S/C32H38O9/c1-7-17(2)28(35)40-27-22-12-19-20(31(5)23(14-24(33)37-6)30(27,4)16-32(31,36)41-22)8-10-29(3)21(19)13-25(34)39-26(29)18-9-11-38-15-18/h7,9,11-13,15,20,22-23,26-27,36H,8,10,14,16H2,1-6H3/b17-7+. The van der Waals surface area contributed by atoms with E-state index in [1.807, 2.05) is 26.0 Å². The van der Waals surface area contributed by atoms with Crippen LogP contribution in [0.3, 0.4) is 0 Å². The second-order valence-electron chi connectivity index (χ2n) is 13.0. The van der Waals surface area contributed by atoms with Gasteiger partial charge in [0.05, 0.1) is 19.6 Å². The third kappa shape index (κ3) is 3.70. The third-order valence-corrected chi connectivity index (χ3v) is 11.1. The quantitative estimate of drug-likeness (QED) is 0.306. The van der Waals surface area contributed by atoms with Crippen molar-refractivity contribution in [2.75, 3.05) is 7.11 Å². The van der Waals surface area contributed by atoms with Crippen LogP contribution in [-0.4, -0.2) is 48.1 Å². The van der Waals surface area contributed by atoms with Crippen molar-refractivity contribution in [2.45, 2.75) is 84.4 Å². The normalized spacial score (nSPS) is 42.8. The molecule has 9 atom stereocenters. The molecular formula is C32H38O9. The molecule has 1 aromatic rings. The van der Waals surface area contributed by atoms with Crippen LogP contribution in [0.1, 0.15) is 72.0 Å². The second kappa shape index (κ2) is 9.16. The number of carbonyl (C=O) groups excluding carboxylic acids is 3. The molecule has 9 unspecified atom stereocenters. The van der Waals surface area contributed by atoms with Crippen LogP contribution in [0.15, 0.2) is 58.0 Å². The van der Waals surface area contributed by atoms with Gasteiger partial charge >= 0.3 is 17.9 Å². The van der Waals surface area contributed by atoms with Crippen molar-refractivity contribution in [3.8, 4) is 0 Å². The van der Waals surface area contributed by atoms with E-state index >= 15 is 0 Å². The Labute approximate surface area is 239 Å². The summed E-state index contributed by atoms with van der Waals surface area (Å²) in [6.07, 6.45) is 7.75. The van der Waals surface area contributed by atoms with Crippen LogP contribution in [-0.2, 0) is 33.3 Å². The molecule has 1 aromatic heterocycles. The Morgan fingerprint density at radius 3 is 2.66 bits per heavy atom. The van der Waals surface area contributed by atoms with E-state index in [0.29, 0.717) is 18.4 Å². The molecule has 1 N–H and O–H groups in total. The smallest absolute Gasteiger partial charge is 0.333 e. The Morgan fingerprint density at radius 2 is 2.00 bits per heavy atom. The van der Waals surface area contributed by atoms with Crippen LogP contribution in [0, 0.1) is 28.1 Å². The highest BCUT2D eigenvalue weighted by atomic mass is 16.7. The van der Waals surface area contributed by atoms with Crippen molar-refractivity contribution in [3.05, 3.63) is 59.1 Å². The Hall–Kier alpha value is -3.17. The second-order valence-corrected chi connectivity index (χ2v) is 13.0. The van der Waals surface area contributed by atoms with Gasteiger partial charge in [0, 0.05) is 46.3 Å². The molecule has 0 radical (unpaired) electrons. The zero-order valence-electron chi connectivity index (χ0n) is 24.4. The van der Waals surface area contributed by atoms with E-state index < -0.39 is 64.2 Å². The first-order chi connectivity index (χ1) is 19.3. The number of hydrogen-bond acceptors (Lipinski definition) is 9. The van der Waals surface area contributed by atoms with Crippen molar-refractivity contribution >= 4 is 17.9 Å². The lowest BCUT2D eigenvalue weighted by atomic mass is 9.51. The van der Waals surface area contributed by atoms with Crippen molar-refractivity contribution in [2.24, 2.45) is 28.1 Å². The molecule has 0 amide bonds. The van der Waals surface area contributed by atoms with Gasteiger partial charge < -0.3 is 28.5 Å². The number of fused-ring (bicyclic) bond motifs is 6. The molecule has 3 aliphatic heterocycles. The molecule has 5 aliphatic rings. The molecule has 0 aromatic carbocycles. The number of carbonyl (C=O) groups is 3. The van der Waals surface area contributed by atoms with Crippen LogP contribution in [0.4, 0.5) is 0 Å².